The molecule has 1 heterocycles. The Hall–Kier alpha value is -3.27. The third-order valence-corrected chi connectivity index (χ3v) is 7.29. The van der Waals surface area contributed by atoms with E-state index in [1.54, 1.807) is 37.1 Å². The van der Waals surface area contributed by atoms with E-state index < -0.39 is 23.2 Å². The van der Waals surface area contributed by atoms with E-state index in [-0.39, 0.29) is 6.54 Å². The number of nitrogens with one attached hydrogen (secondary N) is 1. The van der Waals surface area contributed by atoms with Gasteiger partial charge in [-0.15, -0.1) is 0 Å². The molecule has 9 nitrogen and oxygen atoms in total. The number of hydrogen-bond donors (Lipinski definition) is 3. The van der Waals surface area contributed by atoms with E-state index in [0.29, 0.717) is 66.7 Å². The number of ether oxygens (including phenoxy) is 4. The Morgan fingerprint density at radius 3 is 2.45 bits per heavy atom. The highest BCUT2D eigenvalue weighted by Crippen LogP contribution is 2.50. The van der Waals surface area contributed by atoms with Crippen LogP contribution in [0, 0.1) is 5.41 Å². The number of benzene rings is 2. The quantitative estimate of drug-likeness (QED) is 0.498. The van der Waals surface area contributed by atoms with Crippen LogP contribution in [0.15, 0.2) is 48.0 Å². The number of morpholine rings is 1. The fourth-order valence-electron chi connectivity index (χ4n) is 5.38. The predicted molar refractivity (Wildman–Crippen MR) is 145 cm³/mol. The Labute approximate surface area is 224 Å². The first-order valence-corrected chi connectivity index (χ1v) is 12.8. The number of nitrogens with zero attached hydrogens (tertiary/aromatic N) is 1. The number of aliphatic hydroxyl groups is 2. The molecule has 1 amide bonds. The van der Waals surface area contributed by atoms with Crippen molar-refractivity contribution in [1.82, 2.24) is 4.90 Å². The molecule has 1 aliphatic heterocycles. The molecule has 38 heavy (non-hydrogen) atoms. The lowest BCUT2D eigenvalue weighted by Gasteiger charge is -2.46. The van der Waals surface area contributed by atoms with Gasteiger partial charge in [-0.2, -0.15) is 0 Å². The van der Waals surface area contributed by atoms with Gasteiger partial charge in [0, 0.05) is 31.3 Å². The monoisotopic (exact) mass is 526 g/mol. The fraction of sp³-hybridized carbons (Fsp3) is 0.483. The Bertz CT molecular complexity index is 1190. The van der Waals surface area contributed by atoms with Crippen LogP contribution in [0.3, 0.4) is 0 Å². The maximum atomic E-state index is 12.6. The number of hydrogen-bond acceptors (Lipinski definition) is 8. The highest BCUT2D eigenvalue weighted by atomic mass is 16.6. The van der Waals surface area contributed by atoms with Gasteiger partial charge in [0.25, 0.3) is 0 Å². The molecule has 1 aliphatic carbocycles. The minimum absolute atomic E-state index is 0.271. The van der Waals surface area contributed by atoms with Crippen molar-refractivity contribution in [2.24, 2.45) is 5.41 Å². The maximum Gasteiger partial charge on any atom is 0.415 e. The second kappa shape index (κ2) is 11.2. The summed E-state index contributed by atoms with van der Waals surface area (Å²) >= 11 is 0. The number of methoxy groups -OCH3 is 2. The summed E-state index contributed by atoms with van der Waals surface area (Å²) in [6, 6.07) is 12.6. The topological polar surface area (TPSA) is 110 Å². The van der Waals surface area contributed by atoms with Gasteiger partial charge >= 0.3 is 6.09 Å². The molecule has 2 unspecified atom stereocenters. The number of carbonyl (C=O) groups excluding carboxylic acids is 1. The maximum absolute atomic E-state index is 12.6. The highest BCUT2D eigenvalue weighted by molar-refractivity contribution is 5.80. The number of carbonyl (C=O) groups is 1. The largest absolute Gasteiger partial charge is 0.496 e. The first-order valence-electron chi connectivity index (χ1n) is 12.8. The zero-order chi connectivity index (χ0) is 27.5. The summed E-state index contributed by atoms with van der Waals surface area (Å²) in [6.07, 6.45) is -0.968. The summed E-state index contributed by atoms with van der Waals surface area (Å²) in [5.74, 6) is 1.43. The van der Waals surface area contributed by atoms with Crippen molar-refractivity contribution in [3.63, 3.8) is 0 Å². The smallest absolute Gasteiger partial charge is 0.415 e. The lowest BCUT2D eigenvalue weighted by molar-refractivity contribution is -0.0112. The van der Waals surface area contributed by atoms with Crippen LogP contribution in [-0.2, 0) is 4.74 Å². The first kappa shape index (κ1) is 27.8. The van der Waals surface area contributed by atoms with Crippen LogP contribution in [0.5, 0.6) is 17.2 Å². The third-order valence-electron chi connectivity index (χ3n) is 7.29. The summed E-state index contributed by atoms with van der Waals surface area (Å²) in [5.41, 5.74) is 0.798. The van der Waals surface area contributed by atoms with Crippen LogP contribution < -0.4 is 19.5 Å². The van der Waals surface area contributed by atoms with Gasteiger partial charge in [-0.05, 0) is 54.2 Å². The van der Waals surface area contributed by atoms with Crippen molar-refractivity contribution in [2.45, 2.75) is 38.9 Å². The first-order chi connectivity index (χ1) is 18.1. The van der Waals surface area contributed by atoms with Gasteiger partial charge in [-0.1, -0.05) is 26.0 Å². The number of amides is 1. The number of rotatable bonds is 7. The molecule has 2 atom stereocenters. The molecule has 206 valence electrons. The number of anilines is 1. The van der Waals surface area contributed by atoms with Gasteiger partial charge in [0.2, 0.25) is 0 Å². The fourth-order valence-corrected chi connectivity index (χ4v) is 5.38. The molecule has 4 rings (SSSR count). The molecule has 2 aromatic rings. The zero-order valence-electron chi connectivity index (χ0n) is 22.7. The van der Waals surface area contributed by atoms with Crippen LogP contribution in [-0.4, -0.2) is 80.0 Å². The third kappa shape index (κ3) is 5.75. The molecule has 0 spiro atoms. The van der Waals surface area contributed by atoms with Crippen LogP contribution in [0.25, 0.3) is 5.57 Å². The van der Waals surface area contributed by atoms with Crippen molar-refractivity contribution < 1.29 is 34.0 Å². The second-order valence-electron chi connectivity index (χ2n) is 10.6. The Morgan fingerprint density at radius 2 is 1.76 bits per heavy atom. The average molecular weight is 527 g/mol. The lowest BCUT2D eigenvalue weighted by Crippen LogP contribution is -2.47. The molecule has 0 aromatic heterocycles. The SMILES string of the molecule is COc1ccccc1NCC1=C(c2ccc(OC(=O)N3CCOCC3)cc2OC)C(O)C(C)(C)CC1(C)O. The molecule has 1 fully saturated rings. The molecule has 2 aliphatic rings. The molecule has 3 N–H and O–H groups in total. The molecular weight excluding hydrogens is 488 g/mol. The molecule has 0 saturated carbocycles. The number of aliphatic hydroxyl groups excluding tert-OH is 1. The van der Waals surface area contributed by atoms with E-state index >= 15 is 0 Å². The Balaban J connectivity index is 1.72. The summed E-state index contributed by atoms with van der Waals surface area (Å²) in [6.45, 7) is 7.80. The van der Waals surface area contributed by atoms with E-state index in [0.717, 1.165) is 5.69 Å². The zero-order valence-corrected chi connectivity index (χ0v) is 22.7. The summed E-state index contributed by atoms with van der Waals surface area (Å²) < 4.78 is 22.1. The van der Waals surface area contributed by atoms with E-state index in [1.807, 2.05) is 38.1 Å². The minimum Gasteiger partial charge on any atom is -0.496 e. The lowest BCUT2D eigenvalue weighted by atomic mass is 9.64. The van der Waals surface area contributed by atoms with Crippen LogP contribution >= 0.6 is 0 Å². The van der Waals surface area contributed by atoms with Crippen molar-refractivity contribution >= 4 is 17.4 Å². The van der Waals surface area contributed by atoms with Crippen molar-refractivity contribution in [3.8, 4) is 17.2 Å². The Kier molecular flexibility index (Phi) is 8.20. The summed E-state index contributed by atoms with van der Waals surface area (Å²) in [7, 11) is 3.13. The highest BCUT2D eigenvalue weighted by Gasteiger charge is 2.47. The van der Waals surface area contributed by atoms with Gasteiger partial charge in [0.15, 0.2) is 0 Å². The van der Waals surface area contributed by atoms with E-state index in [1.165, 1.54) is 7.11 Å². The Morgan fingerprint density at radius 1 is 1.08 bits per heavy atom. The summed E-state index contributed by atoms with van der Waals surface area (Å²) in [5, 5.41) is 26.6. The van der Waals surface area contributed by atoms with E-state index in [4.69, 9.17) is 18.9 Å². The number of para-hydroxylation sites is 2. The van der Waals surface area contributed by atoms with Crippen LogP contribution in [0.2, 0.25) is 0 Å². The molecule has 0 bridgehead atoms. The van der Waals surface area contributed by atoms with Gasteiger partial charge in [-0.25, -0.2) is 4.79 Å². The van der Waals surface area contributed by atoms with Crippen LogP contribution in [0.4, 0.5) is 10.5 Å². The predicted octanol–water partition coefficient (Wildman–Crippen LogP) is 3.94. The standard InChI is InChI=1S/C29H38N2O7/c1-28(2)18-29(3,34)21(17-30-22-8-6-7-9-23(22)35-4)25(26(28)32)20-11-10-19(16-24(20)36-5)38-27(33)31-12-14-37-15-13-31/h6-11,16,26,30,32,34H,12-15,17-18H2,1-5H3. The average Bonchev–Trinajstić information content (AvgIpc) is 2.90. The van der Waals surface area contributed by atoms with Gasteiger partial charge < -0.3 is 39.4 Å². The molecule has 0 radical (unpaired) electrons. The van der Waals surface area contributed by atoms with Crippen molar-refractivity contribution in [3.05, 3.63) is 53.6 Å². The van der Waals surface area contributed by atoms with E-state index in [2.05, 4.69) is 5.32 Å². The van der Waals surface area contributed by atoms with Crippen molar-refractivity contribution in [1.29, 1.82) is 0 Å². The second-order valence-corrected chi connectivity index (χ2v) is 10.6. The minimum atomic E-state index is -1.21. The molecule has 2 aromatic carbocycles. The van der Waals surface area contributed by atoms with Gasteiger partial charge in [0.05, 0.1) is 44.8 Å². The van der Waals surface area contributed by atoms with E-state index in [9.17, 15) is 15.0 Å². The molecule has 1 saturated heterocycles. The molecular formula is C29H38N2O7. The van der Waals surface area contributed by atoms with Crippen LogP contribution in [0.1, 0.15) is 32.8 Å². The van der Waals surface area contributed by atoms with Gasteiger partial charge in [0.1, 0.15) is 17.2 Å². The van der Waals surface area contributed by atoms with Crippen molar-refractivity contribution in [2.75, 3.05) is 52.4 Å². The van der Waals surface area contributed by atoms with Gasteiger partial charge in [-0.3, -0.25) is 0 Å². The molecule has 9 heteroatoms. The summed E-state index contributed by atoms with van der Waals surface area (Å²) in [4.78, 5) is 14.2. The normalized spacial score (nSPS) is 23.1.